The Hall–Kier alpha value is -2.74. The van der Waals surface area contributed by atoms with Crippen molar-refractivity contribution in [1.82, 2.24) is 4.98 Å². The van der Waals surface area contributed by atoms with Crippen molar-refractivity contribution in [2.45, 2.75) is 26.4 Å². The van der Waals surface area contributed by atoms with Gasteiger partial charge in [0.1, 0.15) is 19.3 Å². The van der Waals surface area contributed by atoms with Gasteiger partial charge < -0.3 is 19.3 Å². The van der Waals surface area contributed by atoms with E-state index in [2.05, 4.69) is 10.2 Å². The number of aliphatic hydroxyl groups is 1. The van der Waals surface area contributed by atoms with Gasteiger partial charge in [0.2, 0.25) is 0 Å². The van der Waals surface area contributed by atoms with Crippen LogP contribution in [0, 0.1) is 4.91 Å². The summed E-state index contributed by atoms with van der Waals surface area (Å²) in [4.78, 5) is 26.6. The molecule has 0 aliphatic rings. The molecule has 0 spiro atoms. The Labute approximate surface area is 152 Å². The lowest BCUT2D eigenvalue weighted by Crippen LogP contribution is -2.14. The fraction of sp³-hybridized carbons (Fsp3) is 0.444. The number of nitrogens with zero attached hydrogens (tertiary/aromatic N) is 2. The van der Waals surface area contributed by atoms with E-state index in [0.29, 0.717) is 0 Å². The lowest BCUT2D eigenvalue weighted by molar-refractivity contribution is 0.0587. The lowest BCUT2D eigenvalue weighted by atomic mass is 10.2. The number of allylic oxidation sites excluding steroid dienone is 2. The first-order valence-electron chi connectivity index (χ1n) is 8.11. The van der Waals surface area contributed by atoms with E-state index < -0.39 is 18.6 Å². The minimum atomic E-state index is -1.27. The van der Waals surface area contributed by atoms with E-state index in [4.69, 9.17) is 14.2 Å². The first-order chi connectivity index (χ1) is 12.5. The number of aromatic nitrogens is 1. The highest BCUT2D eigenvalue weighted by Gasteiger charge is 2.24. The van der Waals surface area contributed by atoms with Gasteiger partial charge in [-0.05, 0) is 18.9 Å². The van der Waals surface area contributed by atoms with Crippen LogP contribution in [-0.2, 0) is 4.74 Å². The van der Waals surface area contributed by atoms with Crippen LogP contribution in [0.4, 0.5) is 0 Å². The standard InChI is InChI=1S/C18H24N2O6/c1-5-7-8-12(6-2)11-26-17-15(24-3)9-13(14(21)10-19-23)20-16(17)18(22)25-4/h6-9,14,21H,5,10-11H2,1-4H3/b8-7-,12-6+. The first kappa shape index (κ1) is 21.3. The molecule has 1 atom stereocenters. The second-order valence-corrected chi connectivity index (χ2v) is 5.21. The highest BCUT2D eigenvalue weighted by molar-refractivity contribution is 5.91. The molecule has 0 saturated carbocycles. The van der Waals surface area contributed by atoms with Crippen LogP contribution in [-0.4, -0.2) is 43.4 Å². The molecule has 26 heavy (non-hydrogen) atoms. The molecule has 0 saturated heterocycles. The Morgan fingerprint density at radius 2 is 2.15 bits per heavy atom. The zero-order valence-corrected chi connectivity index (χ0v) is 15.4. The molecule has 8 heteroatoms. The van der Waals surface area contributed by atoms with Gasteiger partial charge in [-0.1, -0.05) is 30.3 Å². The number of nitroso groups, excluding NO2 is 1. The molecule has 142 valence electrons. The molecule has 1 N–H and O–H groups in total. The number of carbonyl (C=O) groups is 1. The van der Waals surface area contributed by atoms with Gasteiger partial charge >= 0.3 is 5.97 Å². The second kappa shape index (κ2) is 11.0. The summed E-state index contributed by atoms with van der Waals surface area (Å²) in [6.45, 7) is 3.68. The van der Waals surface area contributed by atoms with Gasteiger partial charge in [0, 0.05) is 6.07 Å². The van der Waals surface area contributed by atoms with Gasteiger partial charge in [-0.2, -0.15) is 4.91 Å². The zero-order valence-electron chi connectivity index (χ0n) is 15.4. The number of ether oxygens (including phenoxy) is 3. The van der Waals surface area contributed by atoms with E-state index in [9.17, 15) is 14.8 Å². The normalized spacial score (nSPS) is 12.7. The molecule has 1 rings (SSSR count). The average molecular weight is 364 g/mol. The minimum absolute atomic E-state index is 0.0614. The lowest BCUT2D eigenvalue weighted by Gasteiger charge is -2.16. The summed E-state index contributed by atoms with van der Waals surface area (Å²) >= 11 is 0. The van der Waals surface area contributed by atoms with Crippen molar-refractivity contribution >= 4 is 5.97 Å². The number of carbonyl (C=O) groups excluding carboxylic acids is 1. The average Bonchev–Trinajstić information content (AvgIpc) is 2.67. The van der Waals surface area contributed by atoms with E-state index in [1.54, 1.807) is 0 Å². The van der Waals surface area contributed by atoms with E-state index in [1.807, 2.05) is 32.1 Å². The van der Waals surface area contributed by atoms with Crippen LogP contribution in [0.25, 0.3) is 0 Å². The number of esters is 1. The molecule has 1 aromatic heterocycles. The summed E-state index contributed by atoms with van der Waals surface area (Å²) < 4.78 is 15.8. The van der Waals surface area contributed by atoms with Crippen molar-refractivity contribution in [2.75, 3.05) is 27.4 Å². The molecule has 0 radical (unpaired) electrons. The summed E-state index contributed by atoms with van der Waals surface area (Å²) in [5, 5.41) is 12.6. The van der Waals surface area contributed by atoms with Gasteiger partial charge in [0.25, 0.3) is 0 Å². The largest absolute Gasteiger partial charge is 0.493 e. The summed E-state index contributed by atoms with van der Waals surface area (Å²) in [5.74, 6) is -0.466. The number of hydrogen-bond donors (Lipinski definition) is 1. The Bertz CT molecular complexity index is 685. The van der Waals surface area contributed by atoms with E-state index in [0.717, 1.165) is 12.0 Å². The fourth-order valence-corrected chi connectivity index (χ4v) is 2.04. The molecule has 0 amide bonds. The maximum atomic E-state index is 12.1. The second-order valence-electron chi connectivity index (χ2n) is 5.21. The van der Waals surface area contributed by atoms with Gasteiger partial charge in [0.15, 0.2) is 17.2 Å². The Morgan fingerprint density at radius 1 is 1.42 bits per heavy atom. The summed E-state index contributed by atoms with van der Waals surface area (Å²) in [6.07, 6.45) is 5.41. The fourth-order valence-electron chi connectivity index (χ4n) is 2.04. The third kappa shape index (κ3) is 5.66. The third-order valence-corrected chi connectivity index (χ3v) is 3.47. The predicted molar refractivity (Wildman–Crippen MR) is 96.4 cm³/mol. The molecule has 8 nitrogen and oxygen atoms in total. The van der Waals surface area contributed by atoms with E-state index in [1.165, 1.54) is 20.3 Å². The highest BCUT2D eigenvalue weighted by atomic mass is 16.5. The van der Waals surface area contributed by atoms with Gasteiger partial charge in [-0.15, -0.1) is 0 Å². The summed E-state index contributed by atoms with van der Waals surface area (Å²) in [7, 11) is 2.60. The van der Waals surface area contributed by atoms with Crippen LogP contribution in [0.2, 0.25) is 0 Å². The molecule has 1 unspecified atom stereocenters. The number of hydrogen-bond acceptors (Lipinski definition) is 8. The van der Waals surface area contributed by atoms with Crippen molar-refractivity contribution in [3.05, 3.63) is 46.2 Å². The minimum Gasteiger partial charge on any atom is -0.493 e. The van der Waals surface area contributed by atoms with Crippen LogP contribution in [0.15, 0.2) is 35.0 Å². The molecule has 0 aliphatic carbocycles. The highest BCUT2D eigenvalue weighted by Crippen LogP contribution is 2.33. The first-order valence-corrected chi connectivity index (χ1v) is 8.11. The molecule has 0 fully saturated rings. The Morgan fingerprint density at radius 3 is 2.69 bits per heavy atom. The van der Waals surface area contributed by atoms with Crippen molar-refractivity contribution in [2.24, 2.45) is 5.18 Å². The van der Waals surface area contributed by atoms with Crippen molar-refractivity contribution in [3.8, 4) is 11.5 Å². The number of methoxy groups -OCH3 is 2. The zero-order chi connectivity index (χ0) is 19.5. The number of aliphatic hydroxyl groups excluding tert-OH is 1. The van der Waals surface area contributed by atoms with Gasteiger partial charge in [0.05, 0.1) is 19.9 Å². The van der Waals surface area contributed by atoms with Crippen molar-refractivity contribution in [1.29, 1.82) is 0 Å². The molecule has 1 aromatic rings. The maximum Gasteiger partial charge on any atom is 0.360 e. The quantitative estimate of drug-likeness (QED) is 0.386. The van der Waals surface area contributed by atoms with Gasteiger partial charge in [-0.3, -0.25) is 0 Å². The van der Waals surface area contributed by atoms with Crippen molar-refractivity contribution < 1.29 is 24.1 Å². The van der Waals surface area contributed by atoms with Crippen LogP contribution >= 0.6 is 0 Å². The van der Waals surface area contributed by atoms with Crippen LogP contribution < -0.4 is 9.47 Å². The number of rotatable bonds is 10. The maximum absolute atomic E-state index is 12.1. The Balaban J connectivity index is 3.28. The summed E-state index contributed by atoms with van der Waals surface area (Å²) in [5.41, 5.74) is 0.812. The molecule has 1 heterocycles. The van der Waals surface area contributed by atoms with E-state index >= 15 is 0 Å². The SMILES string of the molecule is C/C=C(\C=C/CC)COc1c(OC)cc(C(O)CN=O)nc1C(=O)OC. The number of pyridine rings is 1. The third-order valence-electron chi connectivity index (χ3n) is 3.47. The van der Waals surface area contributed by atoms with E-state index in [-0.39, 0.29) is 29.5 Å². The predicted octanol–water partition coefficient (Wildman–Crippen LogP) is 2.97. The topological polar surface area (TPSA) is 107 Å². The Kier molecular flexibility index (Phi) is 9.00. The van der Waals surface area contributed by atoms with Crippen LogP contribution in [0.1, 0.15) is 42.6 Å². The monoisotopic (exact) mass is 364 g/mol. The molecule has 0 aromatic carbocycles. The van der Waals surface area contributed by atoms with Crippen molar-refractivity contribution in [3.63, 3.8) is 0 Å². The molecular formula is C18H24N2O6. The van der Waals surface area contributed by atoms with Gasteiger partial charge in [-0.25, -0.2) is 9.78 Å². The van der Waals surface area contributed by atoms with Crippen LogP contribution in [0.5, 0.6) is 11.5 Å². The smallest absolute Gasteiger partial charge is 0.360 e. The summed E-state index contributed by atoms with van der Waals surface area (Å²) in [6, 6.07) is 1.40. The molecular weight excluding hydrogens is 340 g/mol. The molecule has 0 bridgehead atoms. The molecule has 0 aliphatic heterocycles. The van der Waals surface area contributed by atoms with Crippen LogP contribution in [0.3, 0.4) is 0 Å².